The average Bonchev–Trinajstić information content (AvgIpc) is 2.08. The third-order valence-corrected chi connectivity index (χ3v) is 3.03. The summed E-state index contributed by atoms with van der Waals surface area (Å²) in [4.78, 5) is 11.7. The van der Waals surface area contributed by atoms with Crippen LogP contribution < -0.4 is 5.32 Å². The SMILES string of the molecule is CC(C)NC(=O)c1cc(Br)ccc1I. The third kappa shape index (κ3) is 3.24. The first-order valence-corrected chi connectivity index (χ1v) is 6.14. The summed E-state index contributed by atoms with van der Waals surface area (Å²) in [5.41, 5.74) is 0.716. The molecule has 4 heteroatoms. The maximum absolute atomic E-state index is 11.7. The molecule has 1 N–H and O–H groups in total. The predicted molar refractivity (Wildman–Crippen MR) is 69.5 cm³/mol. The molecule has 76 valence electrons. The van der Waals surface area contributed by atoms with Crippen LogP contribution in [0.15, 0.2) is 22.7 Å². The van der Waals surface area contributed by atoms with E-state index in [0.29, 0.717) is 5.56 Å². The lowest BCUT2D eigenvalue weighted by Crippen LogP contribution is -2.30. The van der Waals surface area contributed by atoms with Gasteiger partial charge in [-0.25, -0.2) is 0 Å². The molecule has 1 rings (SSSR count). The largest absolute Gasteiger partial charge is 0.350 e. The minimum atomic E-state index is -0.0225. The maximum atomic E-state index is 11.7. The van der Waals surface area contributed by atoms with Crippen LogP contribution in [-0.2, 0) is 0 Å². The van der Waals surface area contributed by atoms with Gasteiger partial charge >= 0.3 is 0 Å². The Labute approximate surface area is 106 Å². The first-order valence-electron chi connectivity index (χ1n) is 4.26. The summed E-state index contributed by atoms with van der Waals surface area (Å²) in [6.45, 7) is 3.89. The van der Waals surface area contributed by atoms with E-state index in [1.54, 1.807) is 0 Å². The topological polar surface area (TPSA) is 29.1 Å². The van der Waals surface area contributed by atoms with Crippen LogP contribution in [0.4, 0.5) is 0 Å². The van der Waals surface area contributed by atoms with E-state index in [0.717, 1.165) is 8.04 Å². The molecular formula is C10H11BrINO. The van der Waals surface area contributed by atoms with Crippen LogP contribution in [0.3, 0.4) is 0 Å². The second-order valence-electron chi connectivity index (χ2n) is 3.25. The highest BCUT2D eigenvalue weighted by Gasteiger charge is 2.10. The van der Waals surface area contributed by atoms with Crippen LogP contribution >= 0.6 is 38.5 Å². The molecule has 1 aromatic carbocycles. The highest BCUT2D eigenvalue weighted by atomic mass is 127. The van der Waals surface area contributed by atoms with Gasteiger partial charge in [0.2, 0.25) is 0 Å². The van der Waals surface area contributed by atoms with Crippen LogP contribution in [0.5, 0.6) is 0 Å². The van der Waals surface area contributed by atoms with Crippen molar-refractivity contribution in [3.63, 3.8) is 0 Å². The fraction of sp³-hybridized carbons (Fsp3) is 0.300. The molecule has 0 aliphatic rings. The average molecular weight is 368 g/mol. The van der Waals surface area contributed by atoms with Gasteiger partial charge in [-0.15, -0.1) is 0 Å². The van der Waals surface area contributed by atoms with Crippen LogP contribution in [0.1, 0.15) is 24.2 Å². The number of carbonyl (C=O) groups is 1. The Bertz CT molecular complexity index is 352. The molecular weight excluding hydrogens is 357 g/mol. The number of rotatable bonds is 2. The van der Waals surface area contributed by atoms with E-state index >= 15 is 0 Å². The maximum Gasteiger partial charge on any atom is 0.252 e. The lowest BCUT2D eigenvalue weighted by Gasteiger charge is -2.09. The molecule has 2 nitrogen and oxygen atoms in total. The van der Waals surface area contributed by atoms with Crippen LogP contribution in [-0.4, -0.2) is 11.9 Å². The molecule has 1 amide bonds. The minimum Gasteiger partial charge on any atom is -0.350 e. The summed E-state index contributed by atoms with van der Waals surface area (Å²) < 4.78 is 1.88. The lowest BCUT2D eigenvalue weighted by atomic mass is 10.2. The van der Waals surface area contributed by atoms with Crippen molar-refractivity contribution in [1.29, 1.82) is 0 Å². The summed E-state index contributed by atoms with van der Waals surface area (Å²) in [6, 6.07) is 5.84. The van der Waals surface area contributed by atoms with Crippen molar-refractivity contribution in [2.24, 2.45) is 0 Å². The van der Waals surface area contributed by atoms with Crippen molar-refractivity contribution in [2.45, 2.75) is 19.9 Å². The van der Waals surface area contributed by atoms with Crippen LogP contribution in [0.2, 0.25) is 0 Å². The molecule has 14 heavy (non-hydrogen) atoms. The van der Waals surface area contributed by atoms with Crippen molar-refractivity contribution in [3.8, 4) is 0 Å². The van der Waals surface area contributed by atoms with Crippen LogP contribution in [0.25, 0.3) is 0 Å². The first-order chi connectivity index (χ1) is 6.50. The highest BCUT2D eigenvalue weighted by Crippen LogP contribution is 2.18. The smallest absolute Gasteiger partial charge is 0.252 e. The van der Waals surface area contributed by atoms with Gasteiger partial charge in [0, 0.05) is 14.1 Å². The zero-order valence-electron chi connectivity index (χ0n) is 7.97. The molecule has 0 bridgehead atoms. The van der Waals surface area contributed by atoms with Crippen molar-refractivity contribution in [1.82, 2.24) is 5.32 Å². The molecule has 0 saturated carbocycles. The molecule has 0 spiro atoms. The molecule has 0 fully saturated rings. The van der Waals surface area contributed by atoms with Crippen molar-refractivity contribution in [2.75, 3.05) is 0 Å². The standard InChI is InChI=1S/C10H11BrINO/c1-6(2)13-10(14)8-5-7(11)3-4-9(8)12/h3-6H,1-2H3,(H,13,14). The Morgan fingerprint density at radius 3 is 2.71 bits per heavy atom. The molecule has 1 aromatic rings. The summed E-state index contributed by atoms with van der Waals surface area (Å²) in [7, 11) is 0. The van der Waals surface area contributed by atoms with E-state index in [4.69, 9.17) is 0 Å². The van der Waals surface area contributed by atoms with E-state index < -0.39 is 0 Å². The zero-order chi connectivity index (χ0) is 10.7. The van der Waals surface area contributed by atoms with Gasteiger partial charge < -0.3 is 5.32 Å². The quantitative estimate of drug-likeness (QED) is 0.799. The van der Waals surface area contributed by atoms with E-state index in [-0.39, 0.29) is 11.9 Å². The molecule has 0 heterocycles. The minimum absolute atomic E-state index is 0.0225. The van der Waals surface area contributed by atoms with Gasteiger partial charge in [-0.05, 0) is 54.6 Å². The second-order valence-corrected chi connectivity index (χ2v) is 5.33. The third-order valence-electron chi connectivity index (χ3n) is 1.59. The molecule has 0 saturated heterocycles. The zero-order valence-corrected chi connectivity index (χ0v) is 11.7. The van der Waals surface area contributed by atoms with Gasteiger partial charge in [0.15, 0.2) is 0 Å². The monoisotopic (exact) mass is 367 g/mol. The summed E-state index contributed by atoms with van der Waals surface area (Å²) in [5, 5.41) is 2.86. The Kier molecular flexibility index (Phi) is 4.37. The van der Waals surface area contributed by atoms with Gasteiger partial charge in [0.05, 0.1) is 5.56 Å². The Balaban J connectivity index is 2.94. The number of hydrogen-bond acceptors (Lipinski definition) is 1. The Morgan fingerprint density at radius 1 is 1.50 bits per heavy atom. The fourth-order valence-corrected chi connectivity index (χ4v) is 1.95. The van der Waals surface area contributed by atoms with Crippen molar-refractivity contribution < 1.29 is 4.79 Å². The Morgan fingerprint density at radius 2 is 2.14 bits per heavy atom. The molecule has 0 unspecified atom stereocenters. The number of hydrogen-bond donors (Lipinski definition) is 1. The lowest BCUT2D eigenvalue weighted by molar-refractivity contribution is 0.0942. The molecule has 0 atom stereocenters. The predicted octanol–water partition coefficient (Wildman–Crippen LogP) is 3.19. The summed E-state index contributed by atoms with van der Waals surface area (Å²) >= 11 is 5.50. The molecule has 0 aliphatic heterocycles. The first kappa shape index (κ1) is 12.0. The number of amides is 1. The number of halogens is 2. The van der Waals surface area contributed by atoms with Gasteiger partial charge in [-0.2, -0.15) is 0 Å². The molecule has 0 aromatic heterocycles. The second kappa shape index (κ2) is 5.11. The van der Waals surface area contributed by atoms with Crippen molar-refractivity contribution >= 4 is 44.4 Å². The Hall–Kier alpha value is -0.100. The number of carbonyl (C=O) groups excluding carboxylic acids is 1. The van der Waals surface area contributed by atoms with Gasteiger partial charge in [0.25, 0.3) is 5.91 Å². The normalized spacial score (nSPS) is 10.4. The fourth-order valence-electron chi connectivity index (χ4n) is 1.01. The van der Waals surface area contributed by atoms with Gasteiger partial charge in [0.1, 0.15) is 0 Å². The van der Waals surface area contributed by atoms with E-state index in [9.17, 15) is 4.79 Å². The van der Waals surface area contributed by atoms with Gasteiger partial charge in [-0.3, -0.25) is 4.79 Å². The van der Waals surface area contributed by atoms with Gasteiger partial charge in [-0.1, -0.05) is 15.9 Å². The number of benzene rings is 1. The van der Waals surface area contributed by atoms with Crippen LogP contribution in [0, 0.1) is 3.57 Å². The number of nitrogens with one attached hydrogen (secondary N) is 1. The van der Waals surface area contributed by atoms with E-state index in [1.165, 1.54) is 0 Å². The van der Waals surface area contributed by atoms with Crippen molar-refractivity contribution in [3.05, 3.63) is 31.8 Å². The molecule has 0 radical (unpaired) electrons. The van der Waals surface area contributed by atoms with E-state index in [1.807, 2.05) is 32.0 Å². The summed E-state index contributed by atoms with van der Waals surface area (Å²) in [6.07, 6.45) is 0. The van der Waals surface area contributed by atoms with E-state index in [2.05, 4.69) is 43.8 Å². The molecule has 0 aliphatic carbocycles. The summed E-state index contributed by atoms with van der Waals surface area (Å²) in [5.74, 6) is -0.0225. The highest BCUT2D eigenvalue weighted by molar-refractivity contribution is 14.1.